The van der Waals surface area contributed by atoms with Crippen molar-refractivity contribution < 1.29 is 13.2 Å². The maximum atomic E-state index is 12.1. The van der Waals surface area contributed by atoms with Crippen molar-refractivity contribution in [3.63, 3.8) is 0 Å². The number of hydrazine groups is 1. The fourth-order valence-electron chi connectivity index (χ4n) is 2.04. The molecule has 0 unspecified atom stereocenters. The molecule has 3 N–H and O–H groups in total. The Labute approximate surface area is 124 Å². The number of H-pyrrole nitrogens is 1. The molecule has 1 aliphatic rings. The topological polar surface area (TPSA) is 108 Å². The third-order valence-corrected chi connectivity index (χ3v) is 5.58. The van der Waals surface area contributed by atoms with Crippen molar-refractivity contribution in [3.8, 4) is 0 Å². The SMILES string of the molecule is O=C(NNS(=O)(=O)c1ccc2[nH]c(=O)sc2c1)C1CCC1. The average Bonchev–Trinajstić information content (AvgIpc) is 2.73. The van der Waals surface area contributed by atoms with Crippen LogP contribution >= 0.6 is 11.3 Å². The molecule has 112 valence electrons. The fraction of sp³-hybridized carbons (Fsp3) is 0.333. The van der Waals surface area contributed by atoms with E-state index in [0.29, 0.717) is 10.2 Å². The second-order valence-corrected chi connectivity index (χ2v) is 7.59. The highest BCUT2D eigenvalue weighted by atomic mass is 32.2. The summed E-state index contributed by atoms with van der Waals surface area (Å²) in [6.45, 7) is 0. The number of amides is 1. The molecule has 0 aliphatic heterocycles. The van der Waals surface area contributed by atoms with E-state index in [-0.39, 0.29) is 21.6 Å². The maximum Gasteiger partial charge on any atom is 0.305 e. The Bertz CT molecular complexity index is 849. The number of aromatic nitrogens is 1. The van der Waals surface area contributed by atoms with Crippen molar-refractivity contribution in [3.05, 3.63) is 27.9 Å². The number of benzene rings is 1. The standard InChI is InChI=1S/C12H13N3O4S2/c16-11(7-2-1-3-7)14-15-21(18,19)8-4-5-9-10(6-8)20-12(17)13-9/h4-7,15H,1-3H2,(H,13,17)(H,14,16). The molecular formula is C12H13N3O4S2. The highest BCUT2D eigenvalue weighted by Crippen LogP contribution is 2.26. The Morgan fingerprint density at radius 3 is 2.76 bits per heavy atom. The first-order valence-electron chi connectivity index (χ1n) is 6.40. The van der Waals surface area contributed by atoms with Crippen LogP contribution in [-0.2, 0) is 14.8 Å². The van der Waals surface area contributed by atoms with Crippen LogP contribution in [-0.4, -0.2) is 19.3 Å². The Morgan fingerprint density at radius 1 is 1.33 bits per heavy atom. The predicted octanol–water partition coefficient (Wildman–Crippen LogP) is 0.699. The quantitative estimate of drug-likeness (QED) is 0.718. The highest BCUT2D eigenvalue weighted by molar-refractivity contribution is 7.89. The number of carbonyl (C=O) groups excluding carboxylic acids is 1. The lowest BCUT2D eigenvalue weighted by Crippen LogP contribution is -2.45. The van der Waals surface area contributed by atoms with Crippen LogP contribution in [0.4, 0.5) is 0 Å². The third kappa shape index (κ3) is 2.85. The van der Waals surface area contributed by atoms with Gasteiger partial charge in [0.05, 0.1) is 15.1 Å². The molecule has 0 radical (unpaired) electrons. The predicted molar refractivity (Wildman–Crippen MR) is 78.3 cm³/mol. The number of aromatic amines is 1. The van der Waals surface area contributed by atoms with Crippen molar-refractivity contribution in [1.82, 2.24) is 15.2 Å². The first kappa shape index (κ1) is 14.2. The second-order valence-electron chi connectivity index (χ2n) is 4.90. The Kier molecular flexibility index (Phi) is 3.56. The van der Waals surface area contributed by atoms with Crippen molar-refractivity contribution in [1.29, 1.82) is 0 Å². The molecule has 1 fully saturated rings. The van der Waals surface area contributed by atoms with Gasteiger partial charge in [-0.25, -0.2) is 8.42 Å². The summed E-state index contributed by atoms with van der Waals surface area (Å²) in [5.41, 5.74) is 2.82. The van der Waals surface area contributed by atoms with Gasteiger partial charge in [-0.2, -0.15) is 0 Å². The van der Waals surface area contributed by atoms with Crippen LogP contribution in [0.2, 0.25) is 0 Å². The zero-order valence-corrected chi connectivity index (χ0v) is 12.5. The molecular weight excluding hydrogens is 314 g/mol. The van der Waals surface area contributed by atoms with E-state index in [1.165, 1.54) is 18.2 Å². The first-order chi connectivity index (χ1) is 9.95. The number of thiazole rings is 1. The van der Waals surface area contributed by atoms with Gasteiger partial charge in [0.15, 0.2) is 0 Å². The van der Waals surface area contributed by atoms with Crippen LogP contribution in [0.25, 0.3) is 10.2 Å². The first-order valence-corrected chi connectivity index (χ1v) is 8.70. The minimum Gasteiger partial charge on any atom is -0.312 e. The van der Waals surface area contributed by atoms with E-state index in [0.717, 1.165) is 30.6 Å². The second kappa shape index (κ2) is 5.24. The fourth-order valence-corrected chi connectivity index (χ4v) is 3.77. The Morgan fingerprint density at radius 2 is 2.10 bits per heavy atom. The number of sulfonamides is 1. The number of carbonyl (C=O) groups is 1. The van der Waals surface area contributed by atoms with Crippen molar-refractivity contribution in [2.75, 3.05) is 0 Å². The van der Waals surface area contributed by atoms with Crippen molar-refractivity contribution in [2.45, 2.75) is 24.2 Å². The van der Waals surface area contributed by atoms with Crippen LogP contribution in [0.1, 0.15) is 19.3 Å². The summed E-state index contributed by atoms with van der Waals surface area (Å²) in [7, 11) is -3.85. The van der Waals surface area contributed by atoms with E-state index in [1.54, 1.807) is 0 Å². The highest BCUT2D eigenvalue weighted by Gasteiger charge is 2.26. The van der Waals surface area contributed by atoms with E-state index in [9.17, 15) is 18.0 Å². The zero-order valence-electron chi connectivity index (χ0n) is 10.9. The van der Waals surface area contributed by atoms with Gasteiger partial charge in [0, 0.05) is 5.92 Å². The molecule has 2 aromatic rings. The van der Waals surface area contributed by atoms with Crippen LogP contribution < -0.4 is 15.1 Å². The number of nitrogens with one attached hydrogen (secondary N) is 3. The summed E-state index contributed by atoms with van der Waals surface area (Å²) < 4.78 is 24.8. The van der Waals surface area contributed by atoms with Crippen LogP contribution in [0.5, 0.6) is 0 Å². The largest absolute Gasteiger partial charge is 0.312 e. The summed E-state index contributed by atoms with van der Waals surface area (Å²) in [5.74, 6) is -0.415. The van der Waals surface area contributed by atoms with Crippen molar-refractivity contribution >= 4 is 37.5 Å². The van der Waals surface area contributed by atoms with Gasteiger partial charge in [-0.15, -0.1) is 4.83 Å². The van der Waals surface area contributed by atoms with Gasteiger partial charge in [0.1, 0.15) is 0 Å². The smallest absolute Gasteiger partial charge is 0.305 e. The Balaban J connectivity index is 1.78. The molecule has 1 saturated carbocycles. The molecule has 7 nitrogen and oxygen atoms in total. The van der Waals surface area contributed by atoms with Crippen LogP contribution in [0.3, 0.4) is 0 Å². The number of hydrogen-bond acceptors (Lipinski definition) is 5. The van der Waals surface area contributed by atoms with E-state index in [1.807, 2.05) is 0 Å². The van der Waals surface area contributed by atoms with Crippen molar-refractivity contribution in [2.24, 2.45) is 5.92 Å². The molecule has 1 amide bonds. The molecule has 1 aromatic carbocycles. The Hall–Kier alpha value is -1.71. The van der Waals surface area contributed by atoms with Crippen LogP contribution in [0.15, 0.2) is 27.9 Å². The summed E-state index contributed by atoms with van der Waals surface area (Å²) in [4.78, 5) is 27.3. The van der Waals surface area contributed by atoms with Gasteiger partial charge < -0.3 is 4.98 Å². The summed E-state index contributed by atoms with van der Waals surface area (Å²) >= 11 is 0.934. The molecule has 0 bridgehead atoms. The van der Waals surface area contributed by atoms with E-state index in [4.69, 9.17) is 0 Å². The summed E-state index contributed by atoms with van der Waals surface area (Å²) in [6, 6.07) is 4.30. The summed E-state index contributed by atoms with van der Waals surface area (Å²) in [6.07, 6.45) is 2.57. The molecule has 9 heteroatoms. The zero-order chi connectivity index (χ0) is 15.0. The molecule has 0 atom stereocenters. The van der Waals surface area contributed by atoms with Gasteiger partial charge in [-0.05, 0) is 31.0 Å². The maximum absolute atomic E-state index is 12.1. The molecule has 0 saturated heterocycles. The van der Waals surface area contributed by atoms with E-state index >= 15 is 0 Å². The third-order valence-electron chi connectivity index (χ3n) is 3.49. The monoisotopic (exact) mass is 327 g/mol. The van der Waals surface area contributed by atoms with E-state index in [2.05, 4.69) is 15.2 Å². The van der Waals surface area contributed by atoms with Gasteiger partial charge in [0.2, 0.25) is 5.91 Å². The van der Waals surface area contributed by atoms with Crippen LogP contribution in [0, 0.1) is 5.92 Å². The lowest BCUT2D eigenvalue weighted by atomic mass is 9.85. The average molecular weight is 327 g/mol. The normalized spacial score (nSPS) is 15.8. The number of rotatable bonds is 4. The van der Waals surface area contributed by atoms with Gasteiger partial charge in [-0.1, -0.05) is 17.8 Å². The van der Waals surface area contributed by atoms with E-state index < -0.39 is 10.0 Å². The molecule has 1 aromatic heterocycles. The molecule has 1 aliphatic carbocycles. The minimum absolute atomic E-state index is 0.000778. The van der Waals surface area contributed by atoms with Gasteiger partial charge in [-0.3, -0.25) is 15.0 Å². The molecule has 21 heavy (non-hydrogen) atoms. The molecule has 1 heterocycles. The lowest BCUT2D eigenvalue weighted by molar-refractivity contribution is -0.127. The lowest BCUT2D eigenvalue weighted by Gasteiger charge is -2.23. The number of fused-ring (bicyclic) bond motifs is 1. The van der Waals surface area contributed by atoms with Gasteiger partial charge in [0.25, 0.3) is 10.0 Å². The number of hydrogen-bond donors (Lipinski definition) is 3. The van der Waals surface area contributed by atoms with Gasteiger partial charge >= 0.3 is 4.87 Å². The molecule has 3 rings (SSSR count). The minimum atomic E-state index is -3.85. The summed E-state index contributed by atoms with van der Waals surface area (Å²) in [5, 5.41) is 0. The molecule has 0 spiro atoms.